The molecule has 1 aromatic rings. The summed E-state index contributed by atoms with van der Waals surface area (Å²) in [5.74, 6) is 0.186. The van der Waals surface area contributed by atoms with Crippen LogP contribution in [0, 0.1) is 0 Å². The van der Waals surface area contributed by atoms with Crippen LogP contribution >= 0.6 is 0 Å². The Hall–Kier alpha value is -1.39. The fourth-order valence-corrected chi connectivity index (χ4v) is 2.75. The molecule has 4 nitrogen and oxygen atoms in total. The highest BCUT2D eigenvalue weighted by atomic mass is 16.2. The van der Waals surface area contributed by atoms with Gasteiger partial charge in [0, 0.05) is 40.3 Å². The number of hydrogen-bond acceptors (Lipinski definition) is 3. The lowest BCUT2D eigenvalue weighted by Gasteiger charge is -2.36. The first-order valence-electron chi connectivity index (χ1n) is 7.36. The maximum absolute atomic E-state index is 12.3. The van der Waals surface area contributed by atoms with E-state index in [-0.39, 0.29) is 11.9 Å². The highest BCUT2D eigenvalue weighted by molar-refractivity contribution is 5.81. The zero-order chi connectivity index (χ0) is 14.5. The van der Waals surface area contributed by atoms with E-state index in [1.165, 1.54) is 11.1 Å². The van der Waals surface area contributed by atoms with E-state index in [2.05, 4.69) is 41.4 Å². The van der Waals surface area contributed by atoms with Gasteiger partial charge in [-0.25, -0.2) is 0 Å². The fraction of sp³-hybridized carbons (Fsp3) is 0.562. The minimum atomic E-state index is -0.0522. The number of hydrogen-bond donors (Lipinski definition) is 1. The summed E-state index contributed by atoms with van der Waals surface area (Å²) < 4.78 is 0. The third-order valence-corrected chi connectivity index (χ3v) is 3.95. The number of carbonyl (C=O) groups excluding carboxylic acids is 1. The number of rotatable bonds is 4. The van der Waals surface area contributed by atoms with Crippen LogP contribution in [0.25, 0.3) is 0 Å². The molecular weight excluding hydrogens is 250 g/mol. The lowest BCUT2D eigenvalue weighted by Crippen LogP contribution is -2.57. The van der Waals surface area contributed by atoms with Crippen LogP contribution in [0.2, 0.25) is 0 Å². The SMILES string of the molecule is CCc1ccccc1CN1CCNCC1C(=O)N(C)C. The Morgan fingerprint density at radius 3 is 2.70 bits per heavy atom. The van der Waals surface area contributed by atoms with Crippen LogP contribution in [0.3, 0.4) is 0 Å². The molecule has 2 rings (SSSR count). The first kappa shape index (κ1) is 15.0. The van der Waals surface area contributed by atoms with E-state index in [0.29, 0.717) is 0 Å². The zero-order valence-corrected chi connectivity index (χ0v) is 12.7. The molecule has 1 heterocycles. The summed E-state index contributed by atoms with van der Waals surface area (Å²) in [6, 6.07) is 8.48. The van der Waals surface area contributed by atoms with Crippen molar-refractivity contribution in [2.45, 2.75) is 25.9 Å². The minimum absolute atomic E-state index is 0.0522. The number of amides is 1. The van der Waals surface area contributed by atoms with Gasteiger partial charge in [0.2, 0.25) is 5.91 Å². The molecule has 0 aliphatic carbocycles. The van der Waals surface area contributed by atoms with E-state index >= 15 is 0 Å². The molecule has 0 aromatic heterocycles. The van der Waals surface area contributed by atoms with Gasteiger partial charge in [-0.05, 0) is 17.5 Å². The second kappa shape index (κ2) is 6.86. The van der Waals surface area contributed by atoms with Crippen molar-refractivity contribution < 1.29 is 4.79 Å². The van der Waals surface area contributed by atoms with Gasteiger partial charge >= 0.3 is 0 Å². The van der Waals surface area contributed by atoms with Crippen LogP contribution in [0.5, 0.6) is 0 Å². The highest BCUT2D eigenvalue weighted by Crippen LogP contribution is 2.16. The summed E-state index contributed by atoms with van der Waals surface area (Å²) in [6.45, 7) is 5.65. The molecular formula is C16H25N3O. The van der Waals surface area contributed by atoms with Crippen LogP contribution < -0.4 is 5.32 Å². The van der Waals surface area contributed by atoms with Crippen molar-refractivity contribution in [2.24, 2.45) is 0 Å². The Balaban J connectivity index is 2.14. The number of piperazine rings is 1. The summed E-state index contributed by atoms with van der Waals surface area (Å²) in [5, 5.41) is 3.33. The van der Waals surface area contributed by atoms with Gasteiger partial charge in [-0.3, -0.25) is 9.69 Å². The van der Waals surface area contributed by atoms with Crippen LogP contribution in [0.15, 0.2) is 24.3 Å². The Labute approximate surface area is 121 Å². The van der Waals surface area contributed by atoms with Crippen molar-refractivity contribution in [3.05, 3.63) is 35.4 Å². The fourth-order valence-electron chi connectivity index (χ4n) is 2.75. The number of nitrogens with one attached hydrogen (secondary N) is 1. The number of carbonyl (C=O) groups is 1. The van der Waals surface area contributed by atoms with Gasteiger partial charge in [0.1, 0.15) is 6.04 Å². The predicted octanol–water partition coefficient (Wildman–Crippen LogP) is 1.11. The van der Waals surface area contributed by atoms with Gasteiger partial charge in [0.05, 0.1) is 0 Å². The van der Waals surface area contributed by atoms with Crippen molar-refractivity contribution in [2.75, 3.05) is 33.7 Å². The van der Waals surface area contributed by atoms with Crippen molar-refractivity contribution in [1.29, 1.82) is 0 Å². The van der Waals surface area contributed by atoms with E-state index in [9.17, 15) is 4.79 Å². The molecule has 0 saturated carbocycles. The summed E-state index contributed by atoms with van der Waals surface area (Å²) >= 11 is 0. The third kappa shape index (κ3) is 3.38. The molecule has 0 spiro atoms. The van der Waals surface area contributed by atoms with E-state index in [1.54, 1.807) is 4.90 Å². The summed E-state index contributed by atoms with van der Waals surface area (Å²) in [6.07, 6.45) is 1.04. The van der Waals surface area contributed by atoms with Gasteiger partial charge < -0.3 is 10.2 Å². The third-order valence-electron chi connectivity index (χ3n) is 3.95. The molecule has 4 heteroatoms. The Morgan fingerprint density at radius 1 is 1.35 bits per heavy atom. The van der Waals surface area contributed by atoms with Gasteiger partial charge in [0.25, 0.3) is 0 Å². The number of aryl methyl sites for hydroxylation is 1. The quantitative estimate of drug-likeness (QED) is 0.894. The molecule has 1 saturated heterocycles. The average Bonchev–Trinajstić information content (AvgIpc) is 2.47. The van der Waals surface area contributed by atoms with Crippen LogP contribution in [0.4, 0.5) is 0 Å². The molecule has 1 N–H and O–H groups in total. The second-order valence-electron chi connectivity index (χ2n) is 5.55. The van der Waals surface area contributed by atoms with Crippen LogP contribution in [-0.4, -0.2) is 55.5 Å². The number of likely N-dealkylation sites (N-methyl/N-ethyl adjacent to an activating group) is 1. The molecule has 110 valence electrons. The van der Waals surface area contributed by atoms with Gasteiger partial charge in [-0.2, -0.15) is 0 Å². The van der Waals surface area contributed by atoms with Gasteiger partial charge in [0.15, 0.2) is 0 Å². The molecule has 1 aliphatic heterocycles. The molecule has 20 heavy (non-hydrogen) atoms. The first-order valence-corrected chi connectivity index (χ1v) is 7.36. The molecule has 1 atom stereocenters. The minimum Gasteiger partial charge on any atom is -0.347 e. The Bertz CT molecular complexity index is 459. The average molecular weight is 275 g/mol. The summed E-state index contributed by atoms with van der Waals surface area (Å²) in [5.41, 5.74) is 2.72. The van der Waals surface area contributed by atoms with E-state index < -0.39 is 0 Å². The maximum atomic E-state index is 12.3. The van der Waals surface area contributed by atoms with Gasteiger partial charge in [-0.1, -0.05) is 31.2 Å². The standard InChI is InChI=1S/C16H25N3O/c1-4-13-7-5-6-8-14(13)12-19-10-9-17-11-15(19)16(20)18(2)3/h5-8,15,17H,4,9-12H2,1-3H3. The second-order valence-corrected chi connectivity index (χ2v) is 5.55. The van der Waals surface area contributed by atoms with Crippen molar-refractivity contribution >= 4 is 5.91 Å². The zero-order valence-electron chi connectivity index (χ0n) is 12.7. The lowest BCUT2D eigenvalue weighted by atomic mass is 10.0. The van der Waals surface area contributed by atoms with E-state index in [4.69, 9.17) is 0 Å². The number of benzene rings is 1. The molecule has 1 aromatic carbocycles. The van der Waals surface area contributed by atoms with Crippen LogP contribution in [-0.2, 0) is 17.8 Å². The maximum Gasteiger partial charge on any atom is 0.240 e. The monoisotopic (exact) mass is 275 g/mol. The summed E-state index contributed by atoms with van der Waals surface area (Å²) in [4.78, 5) is 16.3. The first-order chi connectivity index (χ1) is 9.63. The molecule has 1 amide bonds. The Morgan fingerprint density at radius 2 is 2.05 bits per heavy atom. The van der Waals surface area contributed by atoms with Crippen molar-refractivity contribution in [3.8, 4) is 0 Å². The van der Waals surface area contributed by atoms with E-state index in [1.807, 2.05) is 14.1 Å². The Kier molecular flexibility index (Phi) is 5.15. The molecule has 0 radical (unpaired) electrons. The normalized spacial score (nSPS) is 19.9. The molecule has 1 aliphatic rings. The predicted molar refractivity (Wildman–Crippen MR) is 81.6 cm³/mol. The van der Waals surface area contributed by atoms with Crippen molar-refractivity contribution in [1.82, 2.24) is 15.1 Å². The van der Waals surface area contributed by atoms with Gasteiger partial charge in [-0.15, -0.1) is 0 Å². The molecule has 1 fully saturated rings. The summed E-state index contributed by atoms with van der Waals surface area (Å²) in [7, 11) is 3.66. The largest absolute Gasteiger partial charge is 0.347 e. The lowest BCUT2D eigenvalue weighted by molar-refractivity contribution is -0.135. The topological polar surface area (TPSA) is 35.6 Å². The van der Waals surface area contributed by atoms with E-state index in [0.717, 1.165) is 32.6 Å². The molecule has 0 bridgehead atoms. The highest BCUT2D eigenvalue weighted by Gasteiger charge is 2.29. The number of nitrogens with zero attached hydrogens (tertiary/aromatic N) is 2. The molecule has 1 unspecified atom stereocenters. The smallest absolute Gasteiger partial charge is 0.240 e. The van der Waals surface area contributed by atoms with Crippen molar-refractivity contribution in [3.63, 3.8) is 0 Å². The van der Waals surface area contributed by atoms with Crippen LogP contribution in [0.1, 0.15) is 18.1 Å².